The first-order chi connectivity index (χ1) is 13.1. The van der Waals surface area contributed by atoms with Crippen molar-refractivity contribution in [1.82, 2.24) is 4.98 Å². The Morgan fingerprint density at radius 3 is 2.70 bits per heavy atom. The number of anilines is 1. The summed E-state index contributed by atoms with van der Waals surface area (Å²) >= 11 is 1.51. The lowest BCUT2D eigenvalue weighted by molar-refractivity contribution is 0.562. The fourth-order valence-corrected chi connectivity index (χ4v) is 4.35. The van der Waals surface area contributed by atoms with Crippen LogP contribution in [0, 0.1) is 0 Å². The molecule has 4 rings (SSSR count). The van der Waals surface area contributed by atoms with Crippen molar-refractivity contribution in [2.45, 2.75) is 33.2 Å². The number of hydrogen-bond donors (Lipinski definition) is 0. The van der Waals surface area contributed by atoms with Crippen molar-refractivity contribution in [3.63, 3.8) is 0 Å². The predicted octanol–water partition coefficient (Wildman–Crippen LogP) is 5.69. The lowest BCUT2D eigenvalue weighted by Gasteiger charge is -2.29. The first-order valence-corrected chi connectivity index (χ1v) is 10.1. The van der Waals surface area contributed by atoms with Crippen molar-refractivity contribution < 1.29 is 4.42 Å². The van der Waals surface area contributed by atoms with Crippen molar-refractivity contribution >= 4 is 38.2 Å². The maximum absolute atomic E-state index is 12.6. The van der Waals surface area contributed by atoms with E-state index in [0.717, 1.165) is 34.3 Å². The number of fused-ring (bicyclic) bond motifs is 2. The predicted molar refractivity (Wildman–Crippen MR) is 114 cm³/mol. The second kappa shape index (κ2) is 7.16. The molecule has 0 amide bonds. The molecule has 0 fully saturated rings. The van der Waals surface area contributed by atoms with Gasteiger partial charge in [0.05, 0.1) is 15.8 Å². The molecule has 0 saturated heterocycles. The molecule has 2 aromatic heterocycles. The number of nitrogens with zero attached hydrogens (tertiary/aromatic N) is 2. The molecule has 2 aromatic carbocycles. The molecule has 4 nitrogen and oxygen atoms in total. The minimum absolute atomic E-state index is 0.342. The summed E-state index contributed by atoms with van der Waals surface area (Å²) < 4.78 is 6.74. The normalized spacial score (nSPS) is 12.6. The number of aromatic nitrogens is 1. The van der Waals surface area contributed by atoms with Crippen LogP contribution < -0.4 is 10.5 Å². The van der Waals surface area contributed by atoms with E-state index in [9.17, 15) is 4.79 Å². The Hall–Kier alpha value is -2.66. The van der Waals surface area contributed by atoms with Crippen molar-refractivity contribution in [2.75, 3.05) is 11.4 Å². The first-order valence-electron chi connectivity index (χ1n) is 9.31. The van der Waals surface area contributed by atoms with Gasteiger partial charge in [0.15, 0.2) is 0 Å². The highest BCUT2D eigenvalue weighted by Crippen LogP contribution is 2.31. The number of benzene rings is 2. The third-order valence-corrected chi connectivity index (χ3v) is 6.11. The number of rotatable bonds is 5. The Labute approximate surface area is 162 Å². The molecular weight excluding hydrogens is 356 g/mol. The van der Waals surface area contributed by atoms with Gasteiger partial charge in [-0.1, -0.05) is 19.1 Å². The zero-order valence-corrected chi connectivity index (χ0v) is 16.5. The molecule has 0 aliphatic carbocycles. The third kappa shape index (κ3) is 3.23. The lowest BCUT2D eigenvalue weighted by Crippen LogP contribution is -2.32. The molecule has 0 saturated carbocycles. The largest absolute Gasteiger partial charge is 0.422 e. The van der Waals surface area contributed by atoms with Gasteiger partial charge in [0.25, 0.3) is 0 Å². The molecule has 27 heavy (non-hydrogen) atoms. The minimum atomic E-state index is -0.342. The van der Waals surface area contributed by atoms with Crippen LogP contribution in [-0.4, -0.2) is 17.6 Å². The van der Waals surface area contributed by atoms with E-state index in [-0.39, 0.29) is 5.63 Å². The molecule has 1 atom stereocenters. The van der Waals surface area contributed by atoms with Crippen LogP contribution in [-0.2, 0) is 0 Å². The summed E-state index contributed by atoms with van der Waals surface area (Å²) in [6.45, 7) is 7.44. The lowest BCUT2D eigenvalue weighted by atomic mass is 10.1. The van der Waals surface area contributed by atoms with Crippen LogP contribution >= 0.6 is 11.3 Å². The average molecular weight is 378 g/mol. The molecular formula is C22H22N2O2S. The average Bonchev–Trinajstić information content (AvgIpc) is 3.11. The molecule has 0 aliphatic heterocycles. The van der Waals surface area contributed by atoms with Gasteiger partial charge in [0.2, 0.25) is 0 Å². The molecule has 0 aliphatic rings. The van der Waals surface area contributed by atoms with Crippen molar-refractivity contribution in [2.24, 2.45) is 0 Å². The Kier molecular flexibility index (Phi) is 4.70. The molecule has 4 aromatic rings. The van der Waals surface area contributed by atoms with Gasteiger partial charge in [-0.2, -0.15) is 0 Å². The molecule has 0 radical (unpaired) electrons. The van der Waals surface area contributed by atoms with Gasteiger partial charge in [-0.3, -0.25) is 0 Å². The van der Waals surface area contributed by atoms with Crippen LogP contribution in [0.4, 0.5) is 5.69 Å². The van der Waals surface area contributed by atoms with Gasteiger partial charge in [0, 0.05) is 29.7 Å². The Morgan fingerprint density at radius 2 is 1.96 bits per heavy atom. The second-order valence-corrected chi connectivity index (χ2v) is 7.73. The van der Waals surface area contributed by atoms with E-state index in [0.29, 0.717) is 22.2 Å². The summed E-state index contributed by atoms with van der Waals surface area (Å²) in [5.41, 5.74) is 2.77. The number of thiazole rings is 1. The topological polar surface area (TPSA) is 46.3 Å². The summed E-state index contributed by atoms with van der Waals surface area (Å²) in [6.07, 6.45) is 1.06. The summed E-state index contributed by atoms with van der Waals surface area (Å²) in [4.78, 5) is 19.6. The Morgan fingerprint density at radius 1 is 1.15 bits per heavy atom. The quantitative estimate of drug-likeness (QED) is 0.418. The van der Waals surface area contributed by atoms with E-state index in [1.807, 2.05) is 42.5 Å². The van der Waals surface area contributed by atoms with E-state index in [2.05, 4.69) is 36.7 Å². The zero-order chi connectivity index (χ0) is 19.0. The van der Waals surface area contributed by atoms with Gasteiger partial charge < -0.3 is 9.32 Å². The number of para-hydroxylation sites is 1. The standard InChI is InChI=1S/C22H22N2O2S/c1-4-14(3)24(5-2)16-11-10-15-12-17(22(25)26-19(15)13-16)21-23-18-8-6-7-9-20(18)27-21/h6-14H,4-5H2,1-3H3. The molecule has 0 spiro atoms. The number of hydrogen-bond acceptors (Lipinski definition) is 5. The Bertz CT molecular complexity index is 1130. The fraction of sp³-hybridized carbons (Fsp3) is 0.273. The van der Waals surface area contributed by atoms with Crippen molar-refractivity contribution in [3.05, 3.63) is 59.0 Å². The van der Waals surface area contributed by atoms with Crippen LogP contribution in [0.3, 0.4) is 0 Å². The van der Waals surface area contributed by atoms with Crippen LogP contribution in [0.15, 0.2) is 57.7 Å². The molecule has 0 bridgehead atoms. The summed E-state index contributed by atoms with van der Waals surface area (Å²) in [5.74, 6) is 0. The van der Waals surface area contributed by atoms with E-state index in [1.54, 1.807) is 0 Å². The van der Waals surface area contributed by atoms with Gasteiger partial charge in [-0.25, -0.2) is 9.78 Å². The SMILES string of the molecule is CCC(C)N(CC)c1ccc2cc(-c3nc4ccccc4s3)c(=O)oc2c1. The minimum Gasteiger partial charge on any atom is -0.422 e. The monoisotopic (exact) mass is 378 g/mol. The van der Waals surface area contributed by atoms with Crippen molar-refractivity contribution in [3.8, 4) is 10.6 Å². The molecule has 2 heterocycles. The van der Waals surface area contributed by atoms with E-state index in [1.165, 1.54) is 11.3 Å². The highest BCUT2D eigenvalue weighted by molar-refractivity contribution is 7.21. The maximum Gasteiger partial charge on any atom is 0.346 e. The maximum atomic E-state index is 12.6. The fourth-order valence-electron chi connectivity index (χ4n) is 3.38. The molecule has 1 unspecified atom stereocenters. The molecule has 5 heteroatoms. The van der Waals surface area contributed by atoms with Gasteiger partial charge in [0.1, 0.15) is 10.6 Å². The van der Waals surface area contributed by atoms with Gasteiger partial charge >= 0.3 is 5.63 Å². The summed E-state index contributed by atoms with van der Waals surface area (Å²) in [5, 5.41) is 1.61. The molecule has 0 N–H and O–H groups in total. The Balaban J connectivity index is 1.80. The van der Waals surface area contributed by atoms with Crippen LogP contribution in [0.2, 0.25) is 0 Å². The third-order valence-electron chi connectivity index (χ3n) is 5.04. The molecule has 138 valence electrons. The summed E-state index contributed by atoms with van der Waals surface area (Å²) in [7, 11) is 0. The van der Waals surface area contributed by atoms with Gasteiger partial charge in [-0.15, -0.1) is 11.3 Å². The van der Waals surface area contributed by atoms with Gasteiger partial charge in [-0.05, 0) is 50.6 Å². The van der Waals surface area contributed by atoms with E-state index in [4.69, 9.17) is 4.42 Å². The van der Waals surface area contributed by atoms with E-state index >= 15 is 0 Å². The zero-order valence-electron chi connectivity index (χ0n) is 15.7. The van der Waals surface area contributed by atoms with Crippen molar-refractivity contribution in [1.29, 1.82) is 0 Å². The second-order valence-electron chi connectivity index (χ2n) is 6.70. The van der Waals surface area contributed by atoms with Crippen LogP contribution in [0.25, 0.3) is 31.8 Å². The summed E-state index contributed by atoms with van der Waals surface area (Å²) in [6, 6.07) is 16.3. The highest BCUT2D eigenvalue weighted by atomic mass is 32.1. The van der Waals surface area contributed by atoms with Crippen LogP contribution in [0.1, 0.15) is 27.2 Å². The van der Waals surface area contributed by atoms with E-state index < -0.39 is 0 Å². The first kappa shape index (κ1) is 17.7. The smallest absolute Gasteiger partial charge is 0.346 e. The van der Waals surface area contributed by atoms with Crippen LogP contribution in [0.5, 0.6) is 0 Å². The highest BCUT2D eigenvalue weighted by Gasteiger charge is 2.15.